The molecule has 0 bridgehead atoms. The number of rotatable bonds is 2. The molecule has 48 valence electrons. The third-order valence-corrected chi connectivity index (χ3v) is 4.41. The van der Waals surface area contributed by atoms with Crippen molar-refractivity contribution in [1.82, 2.24) is 0 Å². The molecule has 1 rings (SSSR count). The van der Waals surface area contributed by atoms with Crippen molar-refractivity contribution in [3.05, 3.63) is 10.2 Å². The molecule has 1 aliphatic rings. The van der Waals surface area contributed by atoms with Gasteiger partial charge in [0.05, 0.1) is 0 Å². The monoisotopic (exact) mass is 223 g/mol. The first-order valence-electron chi connectivity index (χ1n) is 3.20. The van der Waals surface area contributed by atoms with E-state index < -0.39 is 0 Å². The summed E-state index contributed by atoms with van der Waals surface area (Å²) in [6, 6.07) is 0. The molecule has 1 unspecified atom stereocenters. The van der Waals surface area contributed by atoms with E-state index in [4.69, 9.17) is 0 Å². The van der Waals surface area contributed by atoms with Crippen LogP contribution in [0.2, 0.25) is 0 Å². The van der Waals surface area contributed by atoms with E-state index in [1.807, 2.05) is 0 Å². The van der Waals surface area contributed by atoms with Gasteiger partial charge in [0, 0.05) is 0 Å². The first-order chi connectivity index (χ1) is 3.93. The van der Waals surface area contributed by atoms with Crippen LogP contribution in [0.4, 0.5) is 0 Å². The Balaban J connectivity index is 2.10. The number of alkyl halides is 1. The predicted molar refractivity (Wildman–Crippen MR) is 32.5 cm³/mol. The standard InChI is InChI=1S/C7H12I/c1-2-4-7-5-3-6-8-7/h3,6-7H,2,4-5H2,1H3/q-1. The summed E-state index contributed by atoms with van der Waals surface area (Å²) in [4.78, 5) is 0. The summed E-state index contributed by atoms with van der Waals surface area (Å²) in [5.41, 5.74) is 0. The summed E-state index contributed by atoms with van der Waals surface area (Å²) in [7, 11) is 0. The van der Waals surface area contributed by atoms with E-state index in [1.54, 1.807) is 0 Å². The van der Waals surface area contributed by atoms with Crippen molar-refractivity contribution in [1.29, 1.82) is 0 Å². The molecular weight excluding hydrogens is 211 g/mol. The van der Waals surface area contributed by atoms with Gasteiger partial charge in [-0.3, -0.25) is 0 Å². The van der Waals surface area contributed by atoms with Crippen LogP contribution in [-0.4, -0.2) is 3.92 Å². The first kappa shape index (κ1) is 6.59. The SMILES string of the molecule is CCCC1CC=C[I-]1. The van der Waals surface area contributed by atoms with Crippen molar-refractivity contribution >= 4 is 0 Å². The zero-order valence-electron chi connectivity index (χ0n) is 5.23. The van der Waals surface area contributed by atoms with Crippen LogP contribution in [0.3, 0.4) is 0 Å². The molecule has 1 atom stereocenters. The maximum atomic E-state index is 2.42. The molecule has 1 aliphatic heterocycles. The van der Waals surface area contributed by atoms with E-state index in [0.717, 1.165) is 3.92 Å². The molecule has 8 heavy (non-hydrogen) atoms. The second-order valence-corrected chi connectivity index (χ2v) is 5.31. The van der Waals surface area contributed by atoms with Gasteiger partial charge in [0.15, 0.2) is 0 Å². The van der Waals surface area contributed by atoms with Crippen LogP contribution in [0.5, 0.6) is 0 Å². The van der Waals surface area contributed by atoms with E-state index in [2.05, 4.69) is 17.1 Å². The molecule has 0 aromatic heterocycles. The zero-order chi connectivity index (χ0) is 5.82. The second-order valence-electron chi connectivity index (χ2n) is 2.11. The third kappa shape index (κ3) is 1.77. The Labute approximate surface area is 61.6 Å². The zero-order valence-corrected chi connectivity index (χ0v) is 7.39. The van der Waals surface area contributed by atoms with Crippen LogP contribution < -0.4 is 21.2 Å². The van der Waals surface area contributed by atoms with Gasteiger partial charge in [-0.1, -0.05) is 0 Å². The van der Waals surface area contributed by atoms with Crippen LogP contribution in [0.25, 0.3) is 0 Å². The Morgan fingerprint density at radius 1 is 1.75 bits per heavy atom. The van der Waals surface area contributed by atoms with Gasteiger partial charge >= 0.3 is 61.5 Å². The van der Waals surface area contributed by atoms with Crippen LogP contribution in [0.15, 0.2) is 10.2 Å². The summed E-state index contributed by atoms with van der Waals surface area (Å²) in [5, 5.41) is 0. The second kappa shape index (κ2) is 3.49. The quantitative estimate of drug-likeness (QED) is 0.423. The Morgan fingerprint density at radius 3 is 3.12 bits per heavy atom. The molecule has 0 fully saturated rings. The molecule has 1 heteroatoms. The molecule has 0 saturated heterocycles. The van der Waals surface area contributed by atoms with Crippen molar-refractivity contribution in [2.24, 2.45) is 0 Å². The molecule has 0 aromatic carbocycles. The van der Waals surface area contributed by atoms with Gasteiger partial charge in [-0.25, -0.2) is 0 Å². The average Bonchev–Trinajstić information content (AvgIpc) is 2.19. The van der Waals surface area contributed by atoms with Gasteiger partial charge in [-0.05, 0) is 0 Å². The van der Waals surface area contributed by atoms with Gasteiger partial charge in [0.25, 0.3) is 0 Å². The van der Waals surface area contributed by atoms with Crippen molar-refractivity contribution in [3.63, 3.8) is 0 Å². The number of hydrogen-bond donors (Lipinski definition) is 0. The van der Waals surface area contributed by atoms with Crippen molar-refractivity contribution < 1.29 is 21.2 Å². The number of hydrogen-bond acceptors (Lipinski definition) is 0. The van der Waals surface area contributed by atoms with E-state index in [-0.39, 0.29) is 0 Å². The molecule has 0 saturated carbocycles. The van der Waals surface area contributed by atoms with Crippen molar-refractivity contribution in [2.45, 2.75) is 30.1 Å². The van der Waals surface area contributed by atoms with E-state index >= 15 is 0 Å². The summed E-state index contributed by atoms with van der Waals surface area (Å²) in [5.74, 6) is 0. The van der Waals surface area contributed by atoms with Crippen molar-refractivity contribution in [2.75, 3.05) is 0 Å². The van der Waals surface area contributed by atoms with Crippen LogP contribution >= 0.6 is 0 Å². The summed E-state index contributed by atoms with van der Waals surface area (Å²) >= 11 is 0.489. The van der Waals surface area contributed by atoms with Crippen molar-refractivity contribution in [3.8, 4) is 0 Å². The number of halogens is 1. The summed E-state index contributed by atoms with van der Waals surface area (Å²) < 4.78 is 3.53. The normalized spacial score (nSPS) is 27.9. The predicted octanol–water partition coefficient (Wildman–Crippen LogP) is -0.838. The van der Waals surface area contributed by atoms with Gasteiger partial charge in [-0.2, -0.15) is 0 Å². The van der Waals surface area contributed by atoms with E-state index in [9.17, 15) is 0 Å². The molecule has 0 amide bonds. The van der Waals surface area contributed by atoms with E-state index in [0.29, 0.717) is 21.2 Å². The first-order valence-corrected chi connectivity index (χ1v) is 5.69. The van der Waals surface area contributed by atoms with Gasteiger partial charge in [-0.15, -0.1) is 0 Å². The molecular formula is C7H12I-. The molecule has 0 nitrogen and oxygen atoms in total. The fourth-order valence-corrected chi connectivity index (χ4v) is 3.64. The van der Waals surface area contributed by atoms with Gasteiger partial charge in [0.2, 0.25) is 0 Å². The van der Waals surface area contributed by atoms with Gasteiger partial charge < -0.3 is 0 Å². The van der Waals surface area contributed by atoms with Gasteiger partial charge in [0.1, 0.15) is 0 Å². The molecule has 0 radical (unpaired) electrons. The Morgan fingerprint density at radius 2 is 2.62 bits per heavy atom. The Kier molecular flexibility index (Phi) is 2.87. The summed E-state index contributed by atoms with van der Waals surface area (Å²) in [6.07, 6.45) is 6.60. The van der Waals surface area contributed by atoms with Crippen LogP contribution in [-0.2, 0) is 0 Å². The Hall–Kier alpha value is 0.470. The molecule has 1 heterocycles. The number of allylic oxidation sites excluding steroid dienone is 1. The molecule has 0 N–H and O–H groups in total. The fraction of sp³-hybridized carbons (Fsp3) is 0.714. The Bertz CT molecular complexity index is 78.4. The summed E-state index contributed by atoms with van der Waals surface area (Å²) in [6.45, 7) is 2.28. The minimum absolute atomic E-state index is 0.489. The topological polar surface area (TPSA) is 0 Å². The minimum atomic E-state index is 0.489. The van der Waals surface area contributed by atoms with E-state index in [1.165, 1.54) is 19.3 Å². The van der Waals surface area contributed by atoms with Crippen LogP contribution in [0.1, 0.15) is 26.2 Å². The molecule has 0 spiro atoms. The van der Waals surface area contributed by atoms with Crippen LogP contribution in [0, 0.1) is 0 Å². The average molecular weight is 223 g/mol. The third-order valence-electron chi connectivity index (χ3n) is 1.33. The fourth-order valence-electron chi connectivity index (χ4n) is 0.899. The molecule has 0 aromatic rings. The molecule has 0 aliphatic carbocycles. The maximum absolute atomic E-state index is 2.42.